The molecule has 8 heteroatoms. The third-order valence-electron chi connectivity index (χ3n) is 7.29. The molecule has 0 spiro atoms. The van der Waals surface area contributed by atoms with Gasteiger partial charge in [0.15, 0.2) is 5.16 Å². The summed E-state index contributed by atoms with van der Waals surface area (Å²) in [5.74, 6) is 3.03. The van der Waals surface area contributed by atoms with Crippen molar-refractivity contribution in [2.24, 2.45) is 23.2 Å². The molecule has 7 nitrogen and oxygen atoms in total. The van der Waals surface area contributed by atoms with Gasteiger partial charge in [-0.25, -0.2) is 9.89 Å². The van der Waals surface area contributed by atoms with Crippen molar-refractivity contribution in [1.29, 1.82) is 0 Å². The number of nitrogens with one attached hydrogen (secondary N) is 2. The molecule has 0 aromatic carbocycles. The number of aromatic amines is 1. The van der Waals surface area contributed by atoms with Crippen LogP contribution in [0.1, 0.15) is 51.4 Å². The van der Waals surface area contributed by atoms with Crippen LogP contribution in [0, 0.1) is 23.2 Å². The van der Waals surface area contributed by atoms with Gasteiger partial charge in [-0.05, 0) is 74.5 Å². The molecule has 1 saturated heterocycles. The molecule has 4 bridgehead atoms. The van der Waals surface area contributed by atoms with Gasteiger partial charge in [-0.3, -0.25) is 9.36 Å². The van der Waals surface area contributed by atoms with Crippen molar-refractivity contribution in [3.63, 3.8) is 0 Å². The molecule has 4 aliphatic carbocycles. The molecule has 5 aliphatic rings. The quantitative estimate of drug-likeness (QED) is 0.678. The Balaban J connectivity index is 1.14. The number of carbonyl (C=O) groups excluding carboxylic acids is 1. The van der Waals surface area contributed by atoms with Crippen LogP contribution in [0.15, 0.2) is 9.95 Å². The standard InChI is InChI=1S/C20H30N4O3S/c25-17(21-12-20-7-13-4-14(8-20)6-15(5-13)9-20)11-28-19-23-22-18(26)24(19)10-16-2-1-3-27-16/h13-16H,1-12H2,(H,21,25)(H,22,26)/t13?,14?,15?,16-,20?/m0/s1. The van der Waals surface area contributed by atoms with Gasteiger partial charge in [0.25, 0.3) is 0 Å². The summed E-state index contributed by atoms with van der Waals surface area (Å²) in [7, 11) is 0. The van der Waals surface area contributed by atoms with Gasteiger partial charge in [0.1, 0.15) is 0 Å². The maximum Gasteiger partial charge on any atom is 0.344 e. The van der Waals surface area contributed by atoms with Crippen LogP contribution < -0.4 is 11.0 Å². The van der Waals surface area contributed by atoms with E-state index in [2.05, 4.69) is 15.5 Å². The number of amides is 1. The van der Waals surface area contributed by atoms with Crippen LogP contribution in [0.2, 0.25) is 0 Å². The third-order valence-corrected chi connectivity index (χ3v) is 8.27. The Hall–Kier alpha value is -1.28. The van der Waals surface area contributed by atoms with Gasteiger partial charge >= 0.3 is 5.69 Å². The zero-order chi connectivity index (χ0) is 19.1. The molecule has 0 unspecified atom stereocenters. The lowest BCUT2D eigenvalue weighted by atomic mass is 9.49. The Labute approximate surface area is 169 Å². The summed E-state index contributed by atoms with van der Waals surface area (Å²) in [4.78, 5) is 24.5. The van der Waals surface area contributed by atoms with Crippen molar-refractivity contribution in [3.8, 4) is 0 Å². The van der Waals surface area contributed by atoms with E-state index in [0.29, 0.717) is 22.9 Å². The minimum absolute atomic E-state index is 0.0415. The molecule has 28 heavy (non-hydrogen) atoms. The Morgan fingerprint density at radius 1 is 1.25 bits per heavy atom. The molecule has 2 heterocycles. The van der Waals surface area contributed by atoms with Crippen molar-refractivity contribution < 1.29 is 9.53 Å². The Morgan fingerprint density at radius 2 is 1.96 bits per heavy atom. The van der Waals surface area contributed by atoms with Crippen molar-refractivity contribution in [3.05, 3.63) is 10.5 Å². The molecule has 154 valence electrons. The molecular weight excluding hydrogens is 376 g/mol. The molecule has 1 aromatic rings. The number of rotatable bonds is 7. The first-order valence-corrected chi connectivity index (χ1v) is 11.7. The highest BCUT2D eigenvalue weighted by Crippen LogP contribution is 2.59. The van der Waals surface area contributed by atoms with Crippen LogP contribution in [-0.4, -0.2) is 45.7 Å². The fourth-order valence-corrected chi connectivity index (χ4v) is 7.33. The molecule has 2 N–H and O–H groups in total. The SMILES string of the molecule is O=C(CSc1n[nH]c(=O)n1C[C@@H]1CCCO1)NCC12CC3CC(CC(C3)C1)C2. The monoisotopic (exact) mass is 406 g/mol. The van der Waals surface area contributed by atoms with Gasteiger partial charge in [-0.15, -0.1) is 5.10 Å². The highest BCUT2D eigenvalue weighted by Gasteiger charge is 2.50. The van der Waals surface area contributed by atoms with Gasteiger partial charge in [-0.2, -0.15) is 0 Å². The summed E-state index contributed by atoms with van der Waals surface area (Å²) in [5.41, 5.74) is 0.121. The zero-order valence-electron chi connectivity index (χ0n) is 16.3. The van der Waals surface area contributed by atoms with Gasteiger partial charge in [0.05, 0.1) is 18.4 Å². The van der Waals surface area contributed by atoms with E-state index in [1.54, 1.807) is 4.57 Å². The summed E-state index contributed by atoms with van der Waals surface area (Å²) >= 11 is 1.33. The van der Waals surface area contributed by atoms with Crippen molar-refractivity contribution >= 4 is 17.7 Å². The first kappa shape index (κ1) is 18.7. The number of aromatic nitrogens is 3. The minimum atomic E-state index is -0.230. The van der Waals surface area contributed by atoms with Gasteiger partial charge in [0.2, 0.25) is 5.91 Å². The van der Waals surface area contributed by atoms with Crippen LogP contribution >= 0.6 is 11.8 Å². The van der Waals surface area contributed by atoms with Gasteiger partial charge < -0.3 is 10.1 Å². The van der Waals surface area contributed by atoms with Crippen LogP contribution in [-0.2, 0) is 16.1 Å². The lowest BCUT2D eigenvalue weighted by molar-refractivity contribution is -0.120. The number of hydrogen-bond donors (Lipinski definition) is 2. The number of thioether (sulfide) groups is 1. The lowest BCUT2D eigenvalue weighted by Crippen LogP contribution is -2.51. The second kappa shape index (κ2) is 7.52. The van der Waals surface area contributed by atoms with Crippen molar-refractivity contribution in [2.45, 2.75) is 69.2 Å². The summed E-state index contributed by atoms with van der Waals surface area (Å²) in [6, 6.07) is 0. The Morgan fingerprint density at radius 3 is 2.61 bits per heavy atom. The average Bonchev–Trinajstić information content (AvgIpc) is 3.28. The third kappa shape index (κ3) is 3.77. The van der Waals surface area contributed by atoms with E-state index in [1.165, 1.54) is 50.3 Å². The largest absolute Gasteiger partial charge is 0.376 e. The van der Waals surface area contributed by atoms with Crippen LogP contribution in [0.4, 0.5) is 0 Å². The van der Waals surface area contributed by atoms with E-state index in [9.17, 15) is 9.59 Å². The Bertz CT molecular complexity index is 747. The molecular formula is C20H30N4O3S. The number of ether oxygens (including phenoxy) is 1. The van der Waals surface area contributed by atoms with Gasteiger partial charge in [-0.1, -0.05) is 11.8 Å². The maximum atomic E-state index is 12.5. The van der Waals surface area contributed by atoms with Crippen molar-refractivity contribution in [2.75, 3.05) is 18.9 Å². The summed E-state index contributed by atoms with van der Waals surface area (Å²) in [6.45, 7) is 2.08. The zero-order valence-corrected chi connectivity index (χ0v) is 17.1. The van der Waals surface area contributed by atoms with E-state index in [0.717, 1.165) is 43.7 Å². The normalized spacial score (nSPS) is 36.1. The summed E-state index contributed by atoms with van der Waals surface area (Å²) in [5, 5.41) is 10.4. The Kier molecular flexibility index (Phi) is 5.03. The second-order valence-electron chi connectivity index (χ2n) is 9.54. The van der Waals surface area contributed by atoms with E-state index in [-0.39, 0.29) is 17.7 Å². The number of H-pyrrole nitrogens is 1. The molecule has 1 aliphatic heterocycles. The van der Waals surface area contributed by atoms with Crippen LogP contribution in [0.25, 0.3) is 0 Å². The molecule has 1 aromatic heterocycles. The summed E-state index contributed by atoms with van der Waals surface area (Å²) < 4.78 is 7.23. The first-order valence-electron chi connectivity index (χ1n) is 10.7. The molecule has 5 fully saturated rings. The predicted molar refractivity (Wildman–Crippen MR) is 106 cm³/mol. The summed E-state index contributed by atoms with van der Waals surface area (Å²) in [6.07, 6.45) is 10.2. The highest BCUT2D eigenvalue weighted by atomic mass is 32.2. The smallest absolute Gasteiger partial charge is 0.344 e. The van der Waals surface area contributed by atoms with E-state index >= 15 is 0 Å². The second-order valence-corrected chi connectivity index (χ2v) is 10.5. The fraction of sp³-hybridized carbons (Fsp3) is 0.850. The molecule has 1 amide bonds. The molecule has 4 saturated carbocycles. The van der Waals surface area contributed by atoms with Crippen molar-refractivity contribution in [1.82, 2.24) is 20.1 Å². The van der Waals surface area contributed by atoms with Crippen LogP contribution in [0.5, 0.6) is 0 Å². The van der Waals surface area contributed by atoms with E-state index in [1.807, 2.05) is 0 Å². The maximum absolute atomic E-state index is 12.5. The molecule has 6 rings (SSSR count). The molecule has 1 atom stereocenters. The minimum Gasteiger partial charge on any atom is -0.376 e. The first-order chi connectivity index (χ1) is 13.6. The number of hydrogen-bond acceptors (Lipinski definition) is 5. The average molecular weight is 407 g/mol. The number of nitrogens with zero attached hydrogens (tertiary/aromatic N) is 2. The number of carbonyl (C=O) groups is 1. The lowest BCUT2D eigenvalue weighted by Gasteiger charge is -2.56. The van der Waals surface area contributed by atoms with Gasteiger partial charge in [0, 0.05) is 13.2 Å². The predicted octanol–water partition coefficient (Wildman–Crippen LogP) is 2.18. The van der Waals surface area contributed by atoms with Crippen LogP contribution in [0.3, 0.4) is 0 Å². The fourth-order valence-electron chi connectivity index (χ4n) is 6.54. The topological polar surface area (TPSA) is 89.0 Å². The highest BCUT2D eigenvalue weighted by molar-refractivity contribution is 7.99. The van der Waals surface area contributed by atoms with E-state index < -0.39 is 0 Å². The molecule has 0 radical (unpaired) electrons. The van der Waals surface area contributed by atoms with E-state index in [4.69, 9.17) is 4.74 Å².